The molecule has 2 aromatic rings. The van der Waals surface area contributed by atoms with Crippen molar-refractivity contribution >= 4 is 29.2 Å². The third-order valence-electron chi connectivity index (χ3n) is 6.25. The molecular formula is C25H34N4O5S. The lowest BCUT2D eigenvalue weighted by Crippen LogP contribution is -2.57. The topological polar surface area (TPSA) is 132 Å². The second-order valence-corrected chi connectivity index (χ2v) is 10.8. The van der Waals surface area contributed by atoms with Gasteiger partial charge in [-0.2, -0.15) is 0 Å². The van der Waals surface area contributed by atoms with E-state index in [0.29, 0.717) is 0 Å². The second-order valence-electron chi connectivity index (χ2n) is 9.98. The zero-order valence-electron chi connectivity index (χ0n) is 20.7. The Kier molecular flexibility index (Phi) is 8.17. The minimum Gasteiger partial charge on any atom is -0.465 e. The van der Waals surface area contributed by atoms with Crippen molar-refractivity contribution in [3.05, 3.63) is 41.0 Å². The van der Waals surface area contributed by atoms with Crippen LogP contribution in [0.5, 0.6) is 0 Å². The van der Waals surface area contributed by atoms with E-state index in [9.17, 15) is 24.6 Å². The first kappa shape index (κ1) is 26.6. The van der Waals surface area contributed by atoms with E-state index in [1.807, 2.05) is 36.7 Å². The molecule has 4 N–H and O–H groups in total. The summed E-state index contributed by atoms with van der Waals surface area (Å²) in [4.78, 5) is 44.5. The van der Waals surface area contributed by atoms with Crippen LogP contribution in [-0.4, -0.2) is 62.7 Å². The quantitative estimate of drug-likeness (QED) is 0.460. The van der Waals surface area contributed by atoms with Crippen LogP contribution in [0.3, 0.4) is 0 Å². The Bertz CT molecular complexity index is 1060. The van der Waals surface area contributed by atoms with E-state index in [-0.39, 0.29) is 24.9 Å². The first-order valence-electron chi connectivity index (χ1n) is 11.7. The van der Waals surface area contributed by atoms with Gasteiger partial charge in [0.05, 0.1) is 28.2 Å². The molecule has 0 saturated carbocycles. The average Bonchev–Trinajstić information content (AvgIpc) is 3.42. The van der Waals surface area contributed by atoms with Crippen molar-refractivity contribution < 1.29 is 24.6 Å². The Hall–Kier alpha value is -2.98. The zero-order chi connectivity index (χ0) is 25.9. The molecular weight excluding hydrogens is 468 g/mol. The fourth-order valence-corrected chi connectivity index (χ4v) is 5.21. The van der Waals surface area contributed by atoms with Crippen LogP contribution in [0.1, 0.15) is 58.3 Å². The van der Waals surface area contributed by atoms with Gasteiger partial charge in [0, 0.05) is 13.0 Å². The first-order chi connectivity index (χ1) is 16.4. The third kappa shape index (κ3) is 6.18. The number of rotatable bonds is 7. The minimum absolute atomic E-state index is 0.0253. The van der Waals surface area contributed by atoms with Crippen molar-refractivity contribution in [3.63, 3.8) is 0 Å². The lowest BCUT2D eigenvalue weighted by Gasteiger charge is -2.34. The van der Waals surface area contributed by atoms with E-state index in [4.69, 9.17) is 0 Å². The predicted molar refractivity (Wildman–Crippen MR) is 134 cm³/mol. The number of thiazole rings is 1. The summed E-state index contributed by atoms with van der Waals surface area (Å²) in [5.41, 5.74) is 4.15. The summed E-state index contributed by atoms with van der Waals surface area (Å²) >= 11 is 1.60. The smallest absolute Gasteiger partial charge is 0.405 e. The van der Waals surface area contributed by atoms with Crippen molar-refractivity contribution in [1.29, 1.82) is 0 Å². The number of likely N-dealkylation sites (tertiary alicyclic amines) is 1. The molecule has 0 aliphatic carbocycles. The van der Waals surface area contributed by atoms with Gasteiger partial charge in [0.1, 0.15) is 12.1 Å². The molecule has 3 rings (SSSR count). The van der Waals surface area contributed by atoms with Crippen LogP contribution in [0.2, 0.25) is 0 Å². The Morgan fingerprint density at radius 1 is 1.20 bits per heavy atom. The van der Waals surface area contributed by atoms with Crippen LogP contribution in [0.4, 0.5) is 4.79 Å². The molecule has 1 saturated heterocycles. The number of hydrogen-bond donors (Lipinski definition) is 4. The van der Waals surface area contributed by atoms with Crippen molar-refractivity contribution in [2.75, 3.05) is 6.54 Å². The van der Waals surface area contributed by atoms with Crippen LogP contribution in [0.15, 0.2) is 29.8 Å². The van der Waals surface area contributed by atoms with E-state index >= 15 is 0 Å². The zero-order valence-corrected chi connectivity index (χ0v) is 21.6. The number of benzene rings is 1. The fourth-order valence-electron chi connectivity index (χ4n) is 4.32. The summed E-state index contributed by atoms with van der Waals surface area (Å²) < 4.78 is 0. The minimum atomic E-state index is -1.32. The van der Waals surface area contributed by atoms with Crippen molar-refractivity contribution in [3.8, 4) is 10.4 Å². The monoisotopic (exact) mass is 502 g/mol. The van der Waals surface area contributed by atoms with Crippen LogP contribution in [0, 0.1) is 5.41 Å². The summed E-state index contributed by atoms with van der Waals surface area (Å²) in [6.07, 6.45) is -1.23. The average molecular weight is 503 g/mol. The van der Waals surface area contributed by atoms with Crippen LogP contribution < -0.4 is 10.6 Å². The number of aliphatic hydroxyl groups excluding tert-OH is 1. The highest BCUT2D eigenvalue weighted by Gasteiger charge is 2.44. The number of nitrogens with one attached hydrogen (secondary N) is 2. The Morgan fingerprint density at radius 3 is 2.43 bits per heavy atom. The predicted octanol–water partition coefficient (Wildman–Crippen LogP) is 3.19. The number of aliphatic hydroxyl groups is 1. The molecule has 3 amide bonds. The molecule has 2 heterocycles. The molecule has 9 nitrogen and oxygen atoms in total. The molecule has 0 bridgehead atoms. The summed E-state index contributed by atoms with van der Waals surface area (Å²) in [5, 5.41) is 24.7. The molecule has 1 unspecified atom stereocenters. The highest BCUT2D eigenvalue weighted by molar-refractivity contribution is 7.13. The lowest BCUT2D eigenvalue weighted by molar-refractivity contribution is -0.142. The van der Waals surface area contributed by atoms with Gasteiger partial charge in [-0.3, -0.25) is 9.59 Å². The number of β-amino-alcohol motifs (C(OH)–C–C–N with tert-alkyl or cyclic N) is 1. The Labute approximate surface area is 209 Å². The van der Waals surface area contributed by atoms with E-state index in [2.05, 4.69) is 22.5 Å². The fraction of sp³-hybridized carbons (Fsp3) is 0.520. The summed E-state index contributed by atoms with van der Waals surface area (Å²) in [5.74, 6) is -0.907. The summed E-state index contributed by atoms with van der Waals surface area (Å²) in [6.45, 7) is 9.14. The highest BCUT2D eigenvalue weighted by atomic mass is 32.1. The molecule has 1 aromatic heterocycles. The van der Waals surface area contributed by atoms with Gasteiger partial charge in [0.2, 0.25) is 11.8 Å². The van der Waals surface area contributed by atoms with Gasteiger partial charge in [-0.1, -0.05) is 52.0 Å². The maximum Gasteiger partial charge on any atom is 0.405 e. The Morgan fingerprint density at radius 2 is 1.86 bits per heavy atom. The van der Waals surface area contributed by atoms with Crippen LogP contribution in [-0.2, 0) is 16.0 Å². The number of carbonyl (C=O) groups excluding carboxylic acids is 2. The van der Waals surface area contributed by atoms with E-state index in [1.165, 1.54) is 4.90 Å². The number of carbonyl (C=O) groups is 3. The molecule has 0 radical (unpaired) electrons. The Balaban J connectivity index is 1.72. The number of hydrogen-bond acceptors (Lipinski definition) is 6. The molecule has 10 heteroatoms. The van der Waals surface area contributed by atoms with E-state index in [0.717, 1.165) is 28.1 Å². The van der Waals surface area contributed by atoms with Crippen molar-refractivity contribution in [1.82, 2.24) is 20.5 Å². The van der Waals surface area contributed by atoms with Gasteiger partial charge in [-0.05, 0) is 29.9 Å². The molecule has 1 aliphatic heterocycles. The molecule has 35 heavy (non-hydrogen) atoms. The third-order valence-corrected chi connectivity index (χ3v) is 7.17. The molecule has 0 spiro atoms. The summed E-state index contributed by atoms with van der Waals surface area (Å²) in [6, 6.07) is 5.66. The van der Waals surface area contributed by atoms with Crippen molar-refractivity contribution in [2.24, 2.45) is 5.41 Å². The van der Waals surface area contributed by atoms with Gasteiger partial charge in [-0.15, -0.1) is 11.3 Å². The van der Waals surface area contributed by atoms with Crippen LogP contribution in [0.25, 0.3) is 10.4 Å². The first-order valence-corrected chi connectivity index (χ1v) is 12.6. The van der Waals surface area contributed by atoms with Gasteiger partial charge in [0.25, 0.3) is 0 Å². The van der Waals surface area contributed by atoms with E-state index in [1.54, 1.807) is 32.1 Å². The van der Waals surface area contributed by atoms with Gasteiger partial charge in [0.15, 0.2) is 0 Å². The lowest BCUT2D eigenvalue weighted by atomic mass is 9.85. The number of aromatic nitrogens is 1. The van der Waals surface area contributed by atoms with Crippen LogP contribution >= 0.6 is 11.3 Å². The number of amides is 3. The maximum absolute atomic E-state index is 13.3. The molecule has 190 valence electrons. The molecule has 1 aromatic carbocycles. The number of carboxylic acid groups (broad SMARTS) is 1. The van der Waals surface area contributed by atoms with Gasteiger partial charge < -0.3 is 25.7 Å². The van der Waals surface area contributed by atoms with Crippen molar-refractivity contribution in [2.45, 2.75) is 71.7 Å². The van der Waals surface area contributed by atoms with Gasteiger partial charge >= 0.3 is 6.09 Å². The normalized spacial score (nSPS) is 19.8. The highest BCUT2D eigenvalue weighted by Crippen LogP contribution is 2.30. The standard InChI is InChI=1S/C25H34N4O5S/c1-6-18-20(35-13-26-18)16-9-7-15(8-10-16)14(2)27-22(31)19-11-17(30)12-29(19)23(32)21(25(3,4)5)28-24(33)34/h7-10,13-14,17,19,21,28,30H,6,11-12H2,1-5H3,(H,27,31)(H,33,34)/t14-,17+,19-,21?/m0/s1. The second kappa shape index (κ2) is 10.7. The summed E-state index contributed by atoms with van der Waals surface area (Å²) in [7, 11) is 0. The largest absolute Gasteiger partial charge is 0.465 e. The van der Waals surface area contributed by atoms with Gasteiger partial charge in [-0.25, -0.2) is 9.78 Å². The number of aryl methyl sites for hydroxylation is 1. The van der Waals surface area contributed by atoms with E-state index < -0.39 is 35.6 Å². The maximum atomic E-state index is 13.3. The molecule has 1 fully saturated rings. The molecule has 1 aliphatic rings. The molecule has 4 atom stereocenters. The number of nitrogens with zero attached hydrogens (tertiary/aromatic N) is 2. The SMILES string of the molecule is CCc1ncsc1-c1ccc([C@H](C)NC(=O)[C@@H]2C[C@@H](O)CN2C(=O)C(NC(=O)O)C(C)(C)C)cc1.